The van der Waals surface area contributed by atoms with Gasteiger partial charge in [0.15, 0.2) is 0 Å². The second-order valence-electron chi connectivity index (χ2n) is 3.63. The number of nitrogens with zero attached hydrogens (tertiary/aromatic N) is 1. The molecule has 1 fully saturated rings. The maximum absolute atomic E-state index is 5.89. The third-order valence-corrected chi connectivity index (χ3v) is 3.18. The molecule has 0 amide bonds. The molecule has 0 heterocycles. The Morgan fingerprint density at radius 2 is 1.80 bits per heavy atom. The Balaban J connectivity index is 2.04. The molecule has 0 bridgehead atoms. The molecule has 0 saturated heterocycles. The standard InChI is InChI=1S/C11H12Cl2N2/c12-10-6-5-9(7-11(10)13)15-14-8-3-1-2-4-8/h5-7,15H,1-4H2. The molecule has 1 aromatic rings. The Bertz CT molecular complexity index is 380. The maximum atomic E-state index is 5.89. The average Bonchev–Trinajstić information content (AvgIpc) is 2.73. The minimum atomic E-state index is 0.549. The Labute approximate surface area is 99.3 Å². The fourth-order valence-electron chi connectivity index (χ4n) is 1.60. The molecule has 0 unspecified atom stereocenters. The first-order valence-corrected chi connectivity index (χ1v) is 5.78. The van der Waals surface area contributed by atoms with Crippen molar-refractivity contribution in [3.63, 3.8) is 0 Å². The quantitative estimate of drug-likeness (QED) is 0.768. The molecule has 0 atom stereocenters. The Morgan fingerprint density at radius 3 is 2.47 bits per heavy atom. The summed E-state index contributed by atoms with van der Waals surface area (Å²) < 4.78 is 0. The van der Waals surface area contributed by atoms with E-state index in [1.165, 1.54) is 18.6 Å². The van der Waals surface area contributed by atoms with Crippen molar-refractivity contribution in [3.8, 4) is 0 Å². The molecule has 4 heteroatoms. The first-order chi connectivity index (χ1) is 7.25. The highest BCUT2D eigenvalue weighted by Gasteiger charge is 2.07. The van der Waals surface area contributed by atoms with Gasteiger partial charge >= 0.3 is 0 Å². The minimum absolute atomic E-state index is 0.549. The smallest absolute Gasteiger partial charge is 0.0613 e. The lowest BCUT2D eigenvalue weighted by atomic mass is 10.3. The van der Waals surface area contributed by atoms with Gasteiger partial charge in [0.1, 0.15) is 0 Å². The second kappa shape index (κ2) is 4.86. The van der Waals surface area contributed by atoms with Crippen LogP contribution in [0, 0.1) is 0 Å². The van der Waals surface area contributed by atoms with Crippen LogP contribution < -0.4 is 5.43 Å². The molecule has 15 heavy (non-hydrogen) atoms. The van der Waals surface area contributed by atoms with Crippen LogP contribution in [0.1, 0.15) is 25.7 Å². The fourth-order valence-corrected chi connectivity index (χ4v) is 1.90. The highest BCUT2D eigenvalue weighted by Crippen LogP contribution is 2.25. The lowest BCUT2D eigenvalue weighted by molar-refractivity contribution is 0.886. The van der Waals surface area contributed by atoms with Crippen LogP contribution in [-0.4, -0.2) is 5.71 Å². The molecule has 1 N–H and O–H groups in total. The number of hydrazone groups is 1. The maximum Gasteiger partial charge on any atom is 0.0613 e. The van der Waals surface area contributed by atoms with Crippen LogP contribution in [0.3, 0.4) is 0 Å². The summed E-state index contributed by atoms with van der Waals surface area (Å²) in [5.74, 6) is 0. The van der Waals surface area contributed by atoms with Crippen LogP contribution in [0.5, 0.6) is 0 Å². The fraction of sp³-hybridized carbons (Fsp3) is 0.364. The van der Waals surface area contributed by atoms with Crippen LogP contribution >= 0.6 is 23.2 Å². The largest absolute Gasteiger partial charge is 0.279 e. The number of halogens is 2. The number of rotatable bonds is 2. The third kappa shape index (κ3) is 2.86. The molecule has 1 saturated carbocycles. The summed E-state index contributed by atoms with van der Waals surface area (Å²) in [5, 5.41) is 5.44. The van der Waals surface area contributed by atoms with Crippen molar-refractivity contribution < 1.29 is 0 Å². The van der Waals surface area contributed by atoms with E-state index in [-0.39, 0.29) is 0 Å². The van der Waals surface area contributed by atoms with Gasteiger partial charge in [0.05, 0.1) is 15.7 Å². The molecule has 1 aliphatic rings. The van der Waals surface area contributed by atoms with Crippen LogP contribution in [0.4, 0.5) is 5.69 Å². The first kappa shape index (κ1) is 10.8. The minimum Gasteiger partial charge on any atom is -0.279 e. The summed E-state index contributed by atoms with van der Waals surface area (Å²) in [5.41, 5.74) is 5.12. The molecule has 80 valence electrons. The number of benzene rings is 1. The van der Waals surface area contributed by atoms with Gasteiger partial charge in [0, 0.05) is 5.71 Å². The summed E-state index contributed by atoms with van der Waals surface area (Å²) >= 11 is 11.7. The topological polar surface area (TPSA) is 24.4 Å². The second-order valence-corrected chi connectivity index (χ2v) is 4.44. The predicted molar refractivity (Wildman–Crippen MR) is 66.0 cm³/mol. The SMILES string of the molecule is Clc1ccc(NN=C2CCCC2)cc1Cl. The Morgan fingerprint density at radius 1 is 1.07 bits per heavy atom. The normalized spacial score (nSPS) is 15.5. The monoisotopic (exact) mass is 242 g/mol. The molecule has 2 nitrogen and oxygen atoms in total. The Hall–Kier alpha value is -0.730. The van der Waals surface area contributed by atoms with Crippen molar-refractivity contribution in [2.24, 2.45) is 5.10 Å². The predicted octanol–water partition coefficient (Wildman–Crippen LogP) is 4.34. The van der Waals surface area contributed by atoms with Crippen molar-refractivity contribution in [1.29, 1.82) is 0 Å². The molecule has 0 aliphatic heterocycles. The van der Waals surface area contributed by atoms with Crippen molar-refractivity contribution in [2.45, 2.75) is 25.7 Å². The van der Waals surface area contributed by atoms with Crippen LogP contribution in [0.15, 0.2) is 23.3 Å². The van der Waals surface area contributed by atoms with Crippen LogP contribution in [0.2, 0.25) is 10.0 Å². The van der Waals surface area contributed by atoms with Crippen LogP contribution in [0.25, 0.3) is 0 Å². The summed E-state index contributed by atoms with van der Waals surface area (Å²) in [6.45, 7) is 0. The van der Waals surface area contributed by atoms with E-state index in [0.29, 0.717) is 10.0 Å². The van der Waals surface area contributed by atoms with Gasteiger partial charge in [0.25, 0.3) is 0 Å². The number of hydrogen-bond donors (Lipinski definition) is 1. The molecule has 0 aromatic heterocycles. The first-order valence-electron chi connectivity index (χ1n) is 5.02. The molecular weight excluding hydrogens is 231 g/mol. The zero-order valence-electron chi connectivity index (χ0n) is 8.26. The zero-order chi connectivity index (χ0) is 10.7. The van der Waals surface area contributed by atoms with Crippen LogP contribution in [-0.2, 0) is 0 Å². The van der Waals surface area contributed by atoms with Crippen molar-refractivity contribution in [3.05, 3.63) is 28.2 Å². The van der Waals surface area contributed by atoms with Gasteiger partial charge in [-0.3, -0.25) is 5.43 Å². The number of nitrogens with one attached hydrogen (secondary N) is 1. The highest BCUT2D eigenvalue weighted by molar-refractivity contribution is 6.42. The van der Waals surface area contributed by atoms with Gasteiger partial charge in [-0.05, 0) is 43.9 Å². The van der Waals surface area contributed by atoms with Gasteiger partial charge in [-0.2, -0.15) is 5.10 Å². The highest BCUT2D eigenvalue weighted by atomic mass is 35.5. The van der Waals surface area contributed by atoms with Gasteiger partial charge in [-0.25, -0.2) is 0 Å². The Kier molecular flexibility index (Phi) is 3.49. The van der Waals surface area contributed by atoms with Gasteiger partial charge in [-0.1, -0.05) is 23.2 Å². The van der Waals surface area contributed by atoms with E-state index < -0.39 is 0 Å². The molecule has 2 rings (SSSR count). The van der Waals surface area contributed by atoms with Gasteiger partial charge < -0.3 is 0 Å². The van der Waals surface area contributed by atoms with E-state index in [1.54, 1.807) is 12.1 Å². The van der Waals surface area contributed by atoms with Gasteiger partial charge in [-0.15, -0.1) is 0 Å². The molecular formula is C11H12Cl2N2. The zero-order valence-corrected chi connectivity index (χ0v) is 9.78. The lowest BCUT2D eigenvalue weighted by Gasteiger charge is -2.03. The van der Waals surface area contributed by atoms with E-state index in [0.717, 1.165) is 18.5 Å². The average molecular weight is 243 g/mol. The van der Waals surface area contributed by atoms with Crippen molar-refractivity contribution in [1.82, 2.24) is 0 Å². The van der Waals surface area contributed by atoms with E-state index in [1.807, 2.05) is 6.07 Å². The van der Waals surface area contributed by atoms with E-state index in [2.05, 4.69) is 10.5 Å². The van der Waals surface area contributed by atoms with E-state index in [9.17, 15) is 0 Å². The summed E-state index contributed by atoms with van der Waals surface area (Å²) in [7, 11) is 0. The number of hydrogen-bond acceptors (Lipinski definition) is 2. The van der Waals surface area contributed by atoms with Crippen molar-refractivity contribution >= 4 is 34.6 Å². The summed E-state index contributed by atoms with van der Waals surface area (Å²) in [6.07, 6.45) is 4.71. The third-order valence-electron chi connectivity index (χ3n) is 2.44. The summed E-state index contributed by atoms with van der Waals surface area (Å²) in [6, 6.07) is 5.41. The van der Waals surface area contributed by atoms with E-state index in [4.69, 9.17) is 23.2 Å². The molecule has 1 aromatic carbocycles. The molecule has 0 spiro atoms. The van der Waals surface area contributed by atoms with Gasteiger partial charge in [0.2, 0.25) is 0 Å². The van der Waals surface area contributed by atoms with Crippen molar-refractivity contribution in [2.75, 3.05) is 5.43 Å². The summed E-state index contributed by atoms with van der Waals surface area (Å²) in [4.78, 5) is 0. The number of anilines is 1. The lowest BCUT2D eigenvalue weighted by Crippen LogP contribution is -1.96. The van der Waals surface area contributed by atoms with E-state index >= 15 is 0 Å². The molecule has 0 radical (unpaired) electrons. The molecule has 1 aliphatic carbocycles.